The third-order valence-electron chi connectivity index (χ3n) is 2.77. The molecule has 1 amide bonds. The minimum atomic E-state index is -0.0120. The highest BCUT2D eigenvalue weighted by Gasteiger charge is 2.06. The number of fused-ring (bicyclic) bond motifs is 1. The van der Waals surface area contributed by atoms with E-state index in [1.165, 1.54) is 5.39 Å². The summed E-state index contributed by atoms with van der Waals surface area (Å²) in [5.74, 6) is -0.0120. The first-order valence-corrected chi connectivity index (χ1v) is 6.19. The maximum Gasteiger partial charge on any atom is 0.220 e. The Balaban J connectivity index is 1.94. The van der Waals surface area contributed by atoms with Gasteiger partial charge < -0.3 is 10.3 Å². The molecule has 0 atom stereocenters. The lowest BCUT2D eigenvalue weighted by Crippen LogP contribution is -2.24. The number of hydrogen-bond donors (Lipinski definition) is 2. The summed E-state index contributed by atoms with van der Waals surface area (Å²) in [5.41, 5.74) is 2.26. The van der Waals surface area contributed by atoms with Crippen LogP contribution in [0.15, 0.2) is 42.1 Å². The molecule has 0 saturated heterocycles. The van der Waals surface area contributed by atoms with Gasteiger partial charge in [0, 0.05) is 28.6 Å². The van der Waals surface area contributed by atoms with Crippen molar-refractivity contribution < 1.29 is 4.79 Å². The molecule has 0 saturated carbocycles. The number of halogens is 1. The van der Waals surface area contributed by atoms with E-state index in [-0.39, 0.29) is 5.91 Å². The van der Waals surface area contributed by atoms with Crippen molar-refractivity contribution in [1.82, 2.24) is 10.3 Å². The average Bonchev–Trinajstić information content (AvgIpc) is 2.77. The quantitative estimate of drug-likeness (QED) is 0.855. The number of benzene rings is 1. The van der Waals surface area contributed by atoms with Gasteiger partial charge >= 0.3 is 0 Å². The number of carbonyl (C=O) groups excluding carboxylic acids is 1. The summed E-state index contributed by atoms with van der Waals surface area (Å²) in [6.07, 6.45) is 3.12. The van der Waals surface area contributed by atoms with E-state index in [9.17, 15) is 4.79 Å². The first-order valence-electron chi connectivity index (χ1n) is 5.82. The summed E-state index contributed by atoms with van der Waals surface area (Å²) in [6.45, 7) is 3.85. The summed E-state index contributed by atoms with van der Waals surface area (Å²) >= 11 is 5.59. The number of rotatable bonds is 5. The molecule has 1 aromatic carbocycles. The van der Waals surface area contributed by atoms with Gasteiger partial charge in [0.1, 0.15) is 0 Å². The number of aryl methyl sites for hydroxylation is 1. The van der Waals surface area contributed by atoms with Crippen molar-refractivity contribution in [3.8, 4) is 0 Å². The van der Waals surface area contributed by atoms with Crippen LogP contribution in [-0.4, -0.2) is 17.4 Å². The lowest BCUT2D eigenvalue weighted by atomic mass is 10.1. The van der Waals surface area contributed by atoms with Crippen molar-refractivity contribution in [3.05, 3.63) is 47.6 Å². The van der Waals surface area contributed by atoms with Crippen LogP contribution in [0.1, 0.15) is 12.0 Å². The van der Waals surface area contributed by atoms with Crippen molar-refractivity contribution in [2.75, 3.05) is 6.54 Å². The van der Waals surface area contributed by atoms with Crippen molar-refractivity contribution in [3.63, 3.8) is 0 Å². The van der Waals surface area contributed by atoms with E-state index in [0.717, 1.165) is 11.1 Å². The van der Waals surface area contributed by atoms with Crippen LogP contribution in [0.25, 0.3) is 10.9 Å². The van der Waals surface area contributed by atoms with E-state index in [1.54, 1.807) is 0 Å². The van der Waals surface area contributed by atoms with Gasteiger partial charge in [-0.25, -0.2) is 0 Å². The summed E-state index contributed by atoms with van der Waals surface area (Å²) in [6, 6.07) is 8.06. The molecule has 3 nitrogen and oxygen atoms in total. The molecular formula is C14H15ClN2O. The molecule has 0 fully saturated rings. The standard InChI is InChI=1S/C14H15ClN2O/c1-10(15)8-17-14(18)7-6-11-9-16-13-5-3-2-4-12(11)13/h2-5,9,16H,1,6-8H2,(H,17,18). The first-order chi connectivity index (χ1) is 8.66. The molecule has 18 heavy (non-hydrogen) atoms. The fourth-order valence-electron chi connectivity index (χ4n) is 1.87. The van der Waals surface area contributed by atoms with Crippen LogP contribution in [0.3, 0.4) is 0 Å². The SMILES string of the molecule is C=C(Cl)CNC(=O)CCc1c[nH]c2ccccc12. The largest absolute Gasteiger partial charge is 0.361 e. The maximum atomic E-state index is 11.6. The maximum absolute atomic E-state index is 11.6. The minimum Gasteiger partial charge on any atom is -0.361 e. The Morgan fingerprint density at radius 1 is 1.39 bits per heavy atom. The third-order valence-corrected chi connectivity index (χ3v) is 2.91. The zero-order chi connectivity index (χ0) is 13.0. The zero-order valence-electron chi connectivity index (χ0n) is 10.0. The van der Waals surface area contributed by atoms with Crippen LogP contribution in [0.4, 0.5) is 0 Å². The predicted octanol–water partition coefficient (Wildman–Crippen LogP) is 2.97. The van der Waals surface area contributed by atoms with Crippen molar-refractivity contribution in [2.45, 2.75) is 12.8 Å². The van der Waals surface area contributed by atoms with E-state index in [4.69, 9.17) is 11.6 Å². The van der Waals surface area contributed by atoms with Crippen LogP contribution in [0, 0.1) is 0 Å². The molecule has 1 heterocycles. The second kappa shape index (κ2) is 5.74. The van der Waals surface area contributed by atoms with E-state index in [0.29, 0.717) is 24.4 Å². The molecule has 2 aromatic rings. The average molecular weight is 263 g/mol. The molecule has 4 heteroatoms. The highest BCUT2D eigenvalue weighted by atomic mass is 35.5. The fraction of sp³-hybridized carbons (Fsp3) is 0.214. The van der Waals surface area contributed by atoms with Crippen molar-refractivity contribution in [1.29, 1.82) is 0 Å². The van der Waals surface area contributed by atoms with Crippen molar-refractivity contribution >= 4 is 28.4 Å². The van der Waals surface area contributed by atoms with Crippen LogP contribution in [0.5, 0.6) is 0 Å². The molecule has 0 aliphatic heterocycles. The van der Waals surface area contributed by atoms with E-state index >= 15 is 0 Å². The van der Waals surface area contributed by atoms with Crippen LogP contribution < -0.4 is 5.32 Å². The van der Waals surface area contributed by atoms with Gasteiger partial charge in [-0.15, -0.1) is 0 Å². The number of carbonyl (C=O) groups is 1. The molecular weight excluding hydrogens is 248 g/mol. The number of aromatic nitrogens is 1. The molecule has 0 aliphatic carbocycles. The lowest BCUT2D eigenvalue weighted by Gasteiger charge is -2.03. The van der Waals surface area contributed by atoms with Crippen LogP contribution in [-0.2, 0) is 11.2 Å². The monoisotopic (exact) mass is 262 g/mol. The molecule has 0 aliphatic rings. The number of nitrogens with one attached hydrogen (secondary N) is 2. The Morgan fingerprint density at radius 3 is 2.94 bits per heavy atom. The fourth-order valence-corrected chi connectivity index (χ4v) is 1.94. The molecule has 0 radical (unpaired) electrons. The molecule has 0 bridgehead atoms. The van der Waals surface area contributed by atoms with Crippen molar-refractivity contribution in [2.24, 2.45) is 0 Å². The van der Waals surface area contributed by atoms with Crippen LogP contribution in [0.2, 0.25) is 0 Å². The van der Waals surface area contributed by atoms with E-state index < -0.39 is 0 Å². The van der Waals surface area contributed by atoms with Gasteiger partial charge in [0.2, 0.25) is 5.91 Å². The molecule has 0 spiro atoms. The Bertz CT molecular complexity index is 574. The second-order valence-corrected chi connectivity index (χ2v) is 4.69. The molecule has 94 valence electrons. The van der Waals surface area contributed by atoms with Gasteiger partial charge in [0.15, 0.2) is 0 Å². The van der Waals surface area contributed by atoms with E-state index in [2.05, 4.69) is 22.9 Å². The summed E-state index contributed by atoms with van der Waals surface area (Å²) in [4.78, 5) is 14.8. The summed E-state index contributed by atoms with van der Waals surface area (Å²) in [5, 5.41) is 4.33. The third kappa shape index (κ3) is 3.14. The minimum absolute atomic E-state index is 0.0120. The first kappa shape index (κ1) is 12.7. The second-order valence-electron chi connectivity index (χ2n) is 4.15. The Morgan fingerprint density at radius 2 is 2.17 bits per heavy atom. The Hall–Kier alpha value is -1.74. The molecule has 2 N–H and O–H groups in total. The smallest absolute Gasteiger partial charge is 0.220 e. The number of H-pyrrole nitrogens is 1. The summed E-state index contributed by atoms with van der Waals surface area (Å²) in [7, 11) is 0. The topological polar surface area (TPSA) is 44.9 Å². The van der Waals surface area contributed by atoms with Gasteiger partial charge in [-0.3, -0.25) is 4.79 Å². The number of aromatic amines is 1. The predicted molar refractivity (Wildman–Crippen MR) is 74.6 cm³/mol. The molecule has 0 unspecified atom stereocenters. The number of amides is 1. The Kier molecular flexibility index (Phi) is 4.05. The van der Waals surface area contributed by atoms with Gasteiger partial charge in [-0.2, -0.15) is 0 Å². The van der Waals surface area contributed by atoms with E-state index in [1.807, 2.05) is 24.4 Å². The normalized spacial score (nSPS) is 10.5. The van der Waals surface area contributed by atoms with Gasteiger partial charge in [0.25, 0.3) is 0 Å². The lowest BCUT2D eigenvalue weighted by molar-refractivity contribution is -0.120. The van der Waals surface area contributed by atoms with Gasteiger partial charge in [-0.05, 0) is 18.1 Å². The van der Waals surface area contributed by atoms with Gasteiger partial charge in [-0.1, -0.05) is 36.4 Å². The van der Waals surface area contributed by atoms with Crippen LogP contribution >= 0.6 is 11.6 Å². The molecule has 2 rings (SSSR count). The molecule has 1 aromatic heterocycles. The highest BCUT2D eigenvalue weighted by Crippen LogP contribution is 2.18. The highest BCUT2D eigenvalue weighted by molar-refractivity contribution is 6.29. The Labute approximate surface area is 111 Å². The summed E-state index contributed by atoms with van der Waals surface area (Å²) < 4.78 is 0. The number of hydrogen-bond acceptors (Lipinski definition) is 1. The zero-order valence-corrected chi connectivity index (χ0v) is 10.8. The number of para-hydroxylation sites is 1. The van der Waals surface area contributed by atoms with Gasteiger partial charge in [0.05, 0.1) is 6.54 Å².